The first-order valence-electron chi connectivity index (χ1n) is 7.36. The van der Waals surface area contributed by atoms with Crippen molar-refractivity contribution < 1.29 is 0 Å². The van der Waals surface area contributed by atoms with Crippen molar-refractivity contribution in [3.8, 4) is 0 Å². The summed E-state index contributed by atoms with van der Waals surface area (Å²) in [5.74, 6) is 0.818. The van der Waals surface area contributed by atoms with Crippen molar-refractivity contribution in [2.75, 3.05) is 6.54 Å². The van der Waals surface area contributed by atoms with E-state index in [1.807, 2.05) is 0 Å². The summed E-state index contributed by atoms with van der Waals surface area (Å²) >= 11 is 4.54. The summed E-state index contributed by atoms with van der Waals surface area (Å²) in [6, 6.07) is 0.289. The number of hydrogen-bond acceptors (Lipinski definition) is 5. The topological polar surface area (TPSA) is 62.4 Å². The van der Waals surface area contributed by atoms with Gasteiger partial charge in [-0.05, 0) is 38.7 Å². The van der Waals surface area contributed by atoms with Crippen LogP contribution in [0.1, 0.15) is 33.1 Å². The summed E-state index contributed by atoms with van der Waals surface area (Å²) in [4.78, 5) is 5.48. The van der Waals surface area contributed by atoms with E-state index < -0.39 is 0 Å². The third-order valence-corrected chi connectivity index (χ3v) is 4.58. The van der Waals surface area contributed by atoms with Gasteiger partial charge in [-0.3, -0.25) is 0 Å². The van der Waals surface area contributed by atoms with Crippen molar-refractivity contribution in [2.24, 2.45) is 10.7 Å². The summed E-state index contributed by atoms with van der Waals surface area (Å²) in [6.07, 6.45) is 7.33. The van der Waals surface area contributed by atoms with E-state index in [0.717, 1.165) is 48.1 Å². The molecule has 0 aromatic carbocycles. The molecule has 0 spiro atoms. The molecule has 0 saturated heterocycles. The maximum atomic E-state index is 6.00. The Balaban J connectivity index is 1.70. The molecule has 1 atom stereocenters. The molecule has 0 bridgehead atoms. The maximum absolute atomic E-state index is 6.00. The van der Waals surface area contributed by atoms with Crippen molar-refractivity contribution in [1.29, 1.82) is 0 Å². The van der Waals surface area contributed by atoms with Crippen LogP contribution >= 0.6 is 12.6 Å². The van der Waals surface area contributed by atoms with Crippen molar-refractivity contribution >= 4 is 18.6 Å². The van der Waals surface area contributed by atoms with Gasteiger partial charge >= 0.3 is 0 Å². The van der Waals surface area contributed by atoms with Crippen LogP contribution in [0.5, 0.6) is 0 Å². The van der Waals surface area contributed by atoms with Crippen molar-refractivity contribution in [3.05, 3.63) is 45.2 Å². The first kappa shape index (κ1) is 14.3. The van der Waals surface area contributed by atoms with Gasteiger partial charge in [-0.2, -0.15) is 0 Å². The van der Waals surface area contributed by atoms with Crippen molar-refractivity contribution in [1.82, 2.24) is 10.6 Å². The number of rotatable bonds is 1. The van der Waals surface area contributed by atoms with Crippen LogP contribution in [0.2, 0.25) is 0 Å². The number of nitrogens with two attached hydrogens (primary N) is 1. The van der Waals surface area contributed by atoms with Crippen molar-refractivity contribution in [3.63, 3.8) is 0 Å². The molecule has 4 N–H and O–H groups in total. The highest BCUT2D eigenvalue weighted by Crippen LogP contribution is 2.30. The van der Waals surface area contributed by atoms with Crippen LogP contribution in [-0.2, 0) is 0 Å². The molecule has 0 aromatic heterocycles. The molecular weight excluding hydrogens is 280 g/mol. The highest BCUT2D eigenvalue weighted by molar-refractivity contribution is 7.84. The van der Waals surface area contributed by atoms with E-state index >= 15 is 0 Å². The Morgan fingerprint density at radius 1 is 1.38 bits per heavy atom. The van der Waals surface area contributed by atoms with Crippen LogP contribution in [0.4, 0.5) is 0 Å². The van der Waals surface area contributed by atoms with Gasteiger partial charge < -0.3 is 16.4 Å². The number of guanidine groups is 1. The fourth-order valence-electron chi connectivity index (χ4n) is 3.06. The monoisotopic (exact) mass is 302 g/mol. The summed E-state index contributed by atoms with van der Waals surface area (Å²) < 4.78 is 0. The predicted molar refractivity (Wildman–Crippen MR) is 91.0 cm³/mol. The Labute approximate surface area is 131 Å². The van der Waals surface area contributed by atoms with Gasteiger partial charge in [-0.1, -0.05) is 23.3 Å². The van der Waals surface area contributed by atoms with E-state index in [0.29, 0.717) is 0 Å². The van der Waals surface area contributed by atoms with Crippen molar-refractivity contribution in [2.45, 2.75) is 39.2 Å². The third-order valence-electron chi connectivity index (χ3n) is 4.06. The minimum absolute atomic E-state index is 0.289. The molecule has 0 amide bonds. The number of aliphatic imine (C=N–C) groups is 1. The summed E-state index contributed by atoms with van der Waals surface area (Å²) in [5.41, 5.74) is 11.9. The van der Waals surface area contributed by atoms with Gasteiger partial charge in [0, 0.05) is 10.6 Å². The zero-order valence-corrected chi connectivity index (χ0v) is 13.4. The summed E-state index contributed by atoms with van der Waals surface area (Å²) in [5, 5.41) is 6.85. The second-order valence-corrected chi connectivity index (χ2v) is 6.45. The van der Waals surface area contributed by atoms with Gasteiger partial charge in [-0.15, -0.1) is 12.6 Å². The lowest BCUT2D eigenvalue weighted by molar-refractivity contribution is 0.678. The molecule has 0 fully saturated rings. The summed E-state index contributed by atoms with van der Waals surface area (Å²) in [6.45, 7) is 5.02. The molecule has 1 unspecified atom stereocenters. The van der Waals surface area contributed by atoms with Gasteiger partial charge in [0.05, 0.1) is 18.3 Å². The molecule has 1 heterocycles. The molecule has 0 radical (unpaired) electrons. The molecule has 4 nitrogen and oxygen atoms in total. The second-order valence-electron chi connectivity index (χ2n) is 6.00. The van der Waals surface area contributed by atoms with Crippen LogP contribution in [0.3, 0.4) is 0 Å². The Bertz CT molecular complexity index is 622. The molecule has 3 aliphatic rings. The summed E-state index contributed by atoms with van der Waals surface area (Å²) in [7, 11) is 0. The molecule has 112 valence electrons. The lowest BCUT2D eigenvalue weighted by Gasteiger charge is -2.29. The molecule has 21 heavy (non-hydrogen) atoms. The minimum Gasteiger partial charge on any atom is -0.401 e. The number of allylic oxidation sites excluding steroid dienone is 3. The van der Waals surface area contributed by atoms with Crippen LogP contribution in [0, 0.1) is 0 Å². The highest BCUT2D eigenvalue weighted by atomic mass is 32.1. The molecule has 0 aromatic rings. The first-order chi connectivity index (χ1) is 10.0. The Morgan fingerprint density at radius 3 is 2.95 bits per heavy atom. The quantitative estimate of drug-likeness (QED) is 0.562. The smallest absolute Gasteiger partial charge is 0.196 e. The molecule has 0 saturated carbocycles. The fourth-order valence-corrected chi connectivity index (χ4v) is 3.39. The number of hydrogen-bond donors (Lipinski definition) is 4. The molecule has 3 rings (SSSR count). The fraction of sp³-hybridized carbons (Fsp3) is 0.438. The zero-order valence-electron chi connectivity index (χ0n) is 12.5. The molecule has 2 aliphatic carbocycles. The number of nitrogens with one attached hydrogen (secondary N) is 2. The lowest BCUT2D eigenvalue weighted by atomic mass is 9.97. The van der Waals surface area contributed by atoms with E-state index in [4.69, 9.17) is 5.73 Å². The Hall–Kier alpha value is -1.62. The van der Waals surface area contributed by atoms with Crippen LogP contribution in [0.15, 0.2) is 50.2 Å². The van der Waals surface area contributed by atoms with Crippen LogP contribution < -0.4 is 16.4 Å². The van der Waals surface area contributed by atoms with Crippen LogP contribution in [-0.4, -0.2) is 18.5 Å². The van der Waals surface area contributed by atoms with Gasteiger partial charge in [-0.25, -0.2) is 4.99 Å². The second kappa shape index (κ2) is 5.64. The van der Waals surface area contributed by atoms with E-state index in [2.05, 4.69) is 54.3 Å². The van der Waals surface area contributed by atoms with E-state index in [1.54, 1.807) is 0 Å². The largest absolute Gasteiger partial charge is 0.401 e. The van der Waals surface area contributed by atoms with Gasteiger partial charge in [0.15, 0.2) is 5.96 Å². The SMILES string of the molecule is CC1=CC(NC2=NCC3=C(N2)C(S)=C(N)CC3)CC(C)=C1. The molecule has 5 heteroatoms. The lowest BCUT2D eigenvalue weighted by Crippen LogP contribution is -2.45. The highest BCUT2D eigenvalue weighted by Gasteiger charge is 2.23. The average Bonchev–Trinajstić information content (AvgIpc) is 2.42. The zero-order chi connectivity index (χ0) is 15.0. The van der Waals surface area contributed by atoms with Gasteiger partial charge in [0.25, 0.3) is 0 Å². The molecular formula is C16H22N4S. The average molecular weight is 302 g/mol. The van der Waals surface area contributed by atoms with E-state index in [-0.39, 0.29) is 6.04 Å². The van der Waals surface area contributed by atoms with Gasteiger partial charge in [0.1, 0.15) is 0 Å². The first-order valence-corrected chi connectivity index (χ1v) is 7.81. The maximum Gasteiger partial charge on any atom is 0.196 e. The standard InChI is InChI=1S/C16H22N4S/c1-9-5-10(2)7-12(6-9)19-16-18-8-11-3-4-13(17)15(21)14(11)20-16/h5-6,12,21H,3-4,7-8,17H2,1-2H3,(H2,18,19,20). The Kier molecular flexibility index (Phi) is 3.85. The molecule has 1 aliphatic heterocycles. The van der Waals surface area contributed by atoms with E-state index in [1.165, 1.54) is 16.7 Å². The minimum atomic E-state index is 0.289. The van der Waals surface area contributed by atoms with E-state index in [9.17, 15) is 0 Å². The number of thiol groups is 1. The predicted octanol–water partition coefficient (Wildman–Crippen LogP) is 2.35. The van der Waals surface area contributed by atoms with Gasteiger partial charge in [0.2, 0.25) is 0 Å². The number of nitrogens with zero attached hydrogens (tertiary/aromatic N) is 1. The Morgan fingerprint density at radius 2 is 2.19 bits per heavy atom. The normalized spacial score (nSPS) is 25.7. The van der Waals surface area contributed by atoms with Crippen LogP contribution in [0.25, 0.3) is 0 Å². The third kappa shape index (κ3) is 3.02.